The first-order valence-corrected chi connectivity index (χ1v) is 11.2. The number of pyridine rings is 1. The van der Waals surface area contributed by atoms with Crippen LogP contribution in [0.25, 0.3) is 0 Å². The van der Waals surface area contributed by atoms with Gasteiger partial charge >= 0.3 is 0 Å². The Hall–Kier alpha value is -3.72. The average molecular weight is 453 g/mol. The Morgan fingerprint density at radius 3 is 2.38 bits per heavy atom. The van der Waals surface area contributed by atoms with E-state index in [1.54, 1.807) is 54.9 Å². The summed E-state index contributed by atoms with van der Waals surface area (Å²) in [7, 11) is -2.61. The number of benzene rings is 2. The highest BCUT2D eigenvalue weighted by Gasteiger charge is 2.29. The molecule has 2 aromatic carbocycles. The molecular formula is C23H24N4O4S. The number of hydrazone groups is 1. The van der Waals surface area contributed by atoms with Crippen LogP contribution in [0, 0.1) is 13.8 Å². The quantitative estimate of drug-likeness (QED) is 0.418. The number of hydrogen-bond acceptors (Lipinski definition) is 6. The van der Waals surface area contributed by atoms with Crippen molar-refractivity contribution in [2.75, 3.05) is 18.0 Å². The number of nitrogens with one attached hydrogen (secondary N) is 1. The lowest BCUT2D eigenvalue weighted by atomic mass is 10.2. The Morgan fingerprint density at radius 2 is 1.72 bits per heavy atom. The number of aromatic nitrogens is 1. The highest BCUT2D eigenvalue weighted by molar-refractivity contribution is 7.92. The highest BCUT2D eigenvalue weighted by Crippen LogP contribution is 2.33. The summed E-state index contributed by atoms with van der Waals surface area (Å²) >= 11 is 0. The molecule has 0 saturated heterocycles. The maximum Gasteiger partial charge on any atom is 0.264 e. The van der Waals surface area contributed by atoms with Gasteiger partial charge in [-0.15, -0.1) is 0 Å². The molecule has 8 nitrogen and oxygen atoms in total. The van der Waals surface area contributed by atoms with Crippen molar-refractivity contribution in [1.82, 2.24) is 10.4 Å². The zero-order valence-corrected chi connectivity index (χ0v) is 18.8. The summed E-state index contributed by atoms with van der Waals surface area (Å²) in [5.74, 6) is -0.270. The molecule has 1 heterocycles. The largest absolute Gasteiger partial charge is 0.495 e. The number of methoxy groups -OCH3 is 1. The van der Waals surface area contributed by atoms with Gasteiger partial charge in [-0.2, -0.15) is 5.10 Å². The summed E-state index contributed by atoms with van der Waals surface area (Å²) in [6.07, 6.45) is 4.65. The van der Waals surface area contributed by atoms with Crippen LogP contribution in [0.3, 0.4) is 0 Å². The number of aryl methyl sites for hydroxylation is 2. The molecule has 0 atom stereocenters. The maximum absolute atomic E-state index is 13.5. The third-order valence-corrected chi connectivity index (χ3v) is 6.38. The Balaban J connectivity index is 1.94. The average Bonchev–Trinajstić information content (AvgIpc) is 2.78. The molecule has 0 aliphatic carbocycles. The number of hydrogen-bond donors (Lipinski definition) is 1. The van der Waals surface area contributed by atoms with Crippen molar-refractivity contribution in [1.29, 1.82) is 0 Å². The molecule has 9 heteroatoms. The molecule has 1 aromatic heterocycles. The lowest BCUT2D eigenvalue weighted by Crippen LogP contribution is -2.39. The molecule has 0 bridgehead atoms. The Morgan fingerprint density at radius 1 is 1.06 bits per heavy atom. The second-order valence-corrected chi connectivity index (χ2v) is 8.94. The standard InChI is InChI=1S/C23H24N4O4S/c1-17-4-7-20(8-5-17)32(29,30)27(21-14-18(2)6-9-22(21)31-3)16-23(28)26-25-15-19-10-12-24-13-11-19/h4-15H,16H2,1-3H3,(H,26,28)/b25-15-. The summed E-state index contributed by atoms with van der Waals surface area (Å²) in [6.45, 7) is 3.22. The third kappa shape index (κ3) is 5.50. The smallest absolute Gasteiger partial charge is 0.264 e. The van der Waals surface area contributed by atoms with Crippen LogP contribution < -0.4 is 14.5 Å². The second-order valence-electron chi connectivity index (χ2n) is 7.07. The summed E-state index contributed by atoms with van der Waals surface area (Å²) in [5.41, 5.74) is 5.13. The molecule has 32 heavy (non-hydrogen) atoms. The number of carbonyl (C=O) groups excluding carboxylic acids is 1. The minimum atomic E-state index is -4.06. The van der Waals surface area contributed by atoms with Crippen LogP contribution in [0.5, 0.6) is 5.75 Å². The molecule has 3 aromatic rings. The van der Waals surface area contributed by atoms with Gasteiger partial charge in [0.25, 0.3) is 15.9 Å². The van der Waals surface area contributed by atoms with E-state index in [9.17, 15) is 13.2 Å². The van der Waals surface area contributed by atoms with Crippen molar-refractivity contribution < 1.29 is 17.9 Å². The van der Waals surface area contributed by atoms with Crippen LogP contribution in [0.2, 0.25) is 0 Å². The van der Waals surface area contributed by atoms with Crippen molar-refractivity contribution in [3.05, 3.63) is 83.7 Å². The zero-order valence-electron chi connectivity index (χ0n) is 18.0. The van der Waals surface area contributed by atoms with E-state index in [1.807, 2.05) is 13.8 Å². The number of nitrogens with zero attached hydrogens (tertiary/aromatic N) is 3. The van der Waals surface area contributed by atoms with Gasteiger partial charge in [-0.05, 0) is 61.4 Å². The minimum absolute atomic E-state index is 0.0692. The number of anilines is 1. The molecule has 0 aliphatic rings. The molecule has 0 spiro atoms. The van der Waals surface area contributed by atoms with Crippen LogP contribution >= 0.6 is 0 Å². The molecule has 1 N–H and O–H groups in total. The molecule has 0 unspecified atom stereocenters. The number of ether oxygens (including phenoxy) is 1. The van der Waals surface area contributed by atoms with E-state index in [4.69, 9.17) is 4.74 Å². The van der Waals surface area contributed by atoms with E-state index in [1.165, 1.54) is 25.5 Å². The molecular weight excluding hydrogens is 428 g/mol. The van der Waals surface area contributed by atoms with Crippen molar-refractivity contribution in [2.24, 2.45) is 5.10 Å². The van der Waals surface area contributed by atoms with Crippen LogP contribution in [-0.4, -0.2) is 39.2 Å². The number of sulfonamides is 1. The normalized spacial score (nSPS) is 11.3. The van der Waals surface area contributed by atoms with Gasteiger partial charge in [0.2, 0.25) is 0 Å². The van der Waals surface area contributed by atoms with Crippen molar-refractivity contribution in [2.45, 2.75) is 18.7 Å². The lowest BCUT2D eigenvalue weighted by molar-refractivity contribution is -0.119. The minimum Gasteiger partial charge on any atom is -0.495 e. The fourth-order valence-electron chi connectivity index (χ4n) is 2.93. The van der Waals surface area contributed by atoms with E-state index < -0.39 is 22.5 Å². The number of rotatable bonds is 8. The van der Waals surface area contributed by atoms with Gasteiger partial charge in [0.05, 0.1) is 23.9 Å². The predicted octanol–water partition coefficient (Wildman–Crippen LogP) is 3.05. The van der Waals surface area contributed by atoms with Gasteiger partial charge in [-0.1, -0.05) is 23.8 Å². The van der Waals surface area contributed by atoms with Gasteiger partial charge in [0, 0.05) is 12.4 Å². The van der Waals surface area contributed by atoms with Crippen LogP contribution in [0.1, 0.15) is 16.7 Å². The second kappa shape index (κ2) is 10.1. The molecule has 0 radical (unpaired) electrons. The Kier molecular flexibility index (Phi) is 7.21. The molecule has 0 fully saturated rings. The first-order chi connectivity index (χ1) is 15.3. The summed E-state index contributed by atoms with van der Waals surface area (Å²) in [6, 6.07) is 15.0. The van der Waals surface area contributed by atoms with E-state index in [0.29, 0.717) is 5.75 Å². The van der Waals surface area contributed by atoms with Gasteiger partial charge in [-0.25, -0.2) is 13.8 Å². The Bertz CT molecular complexity index is 1210. The van der Waals surface area contributed by atoms with E-state index in [-0.39, 0.29) is 10.6 Å². The van der Waals surface area contributed by atoms with Crippen LogP contribution in [0.15, 0.2) is 77.0 Å². The van der Waals surface area contributed by atoms with Gasteiger partial charge in [-0.3, -0.25) is 14.1 Å². The monoisotopic (exact) mass is 452 g/mol. The van der Waals surface area contributed by atoms with Crippen LogP contribution in [0.4, 0.5) is 5.69 Å². The first-order valence-electron chi connectivity index (χ1n) is 9.77. The molecule has 0 aliphatic heterocycles. The fraction of sp³-hybridized carbons (Fsp3) is 0.174. The van der Waals surface area contributed by atoms with Crippen molar-refractivity contribution in [3.8, 4) is 5.75 Å². The van der Waals surface area contributed by atoms with E-state index >= 15 is 0 Å². The van der Waals surface area contributed by atoms with Crippen molar-refractivity contribution in [3.63, 3.8) is 0 Å². The number of carbonyl (C=O) groups is 1. The predicted molar refractivity (Wildman–Crippen MR) is 123 cm³/mol. The zero-order chi connectivity index (χ0) is 23.1. The molecule has 0 saturated carbocycles. The van der Waals surface area contributed by atoms with Gasteiger partial charge < -0.3 is 4.74 Å². The summed E-state index contributed by atoms with van der Waals surface area (Å²) < 4.78 is 33.4. The lowest BCUT2D eigenvalue weighted by Gasteiger charge is -2.25. The molecule has 1 amide bonds. The molecule has 166 valence electrons. The highest BCUT2D eigenvalue weighted by atomic mass is 32.2. The fourth-order valence-corrected chi connectivity index (χ4v) is 4.35. The summed E-state index contributed by atoms with van der Waals surface area (Å²) in [4.78, 5) is 16.6. The van der Waals surface area contributed by atoms with Gasteiger partial charge in [0.1, 0.15) is 12.3 Å². The first kappa shape index (κ1) is 23.0. The van der Waals surface area contributed by atoms with Gasteiger partial charge in [0.15, 0.2) is 0 Å². The van der Waals surface area contributed by atoms with Crippen LogP contribution in [-0.2, 0) is 14.8 Å². The van der Waals surface area contributed by atoms with E-state index in [2.05, 4.69) is 15.5 Å². The summed E-state index contributed by atoms with van der Waals surface area (Å²) in [5, 5.41) is 3.91. The third-order valence-electron chi connectivity index (χ3n) is 4.61. The maximum atomic E-state index is 13.5. The Labute approximate surface area is 187 Å². The number of amides is 1. The van der Waals surface area contributed by atoms with E-state index in [0.717, 1.165) is 21.0 Å². The SMILES string of the molecule is COc1ccc(C)cc1N(CC(=O)N/N=C\c1ccncc1)S(=O)(=O)c1ccc(C)cc1. The topological polar surface area (TPSA) is 101 Å². The molecule has 3 rings (SSSR count). The van der Waals surface area contributed by atoms with Crippen molar-refractivity contribution >= 4 is 27.8 Å².